The number of carbonyl (C=O) groups excluding carboxylic acids is 1. The summed E-state index contributed by atoms with van der Waals surface area (Å²) in [7, 11) is 0. The Balaban J connectivity index is 1.72. The van der Waals surface area contributed by atoms with Crippen LogP contribution in [0, 0.1) is 6.92 Å². The van der Waals surface area contributed by atoms with Crippen LogP contribution >= 0.6 is 0 Å². The highest BCUT2D eigenvalue weighted by Crippen LogP contribution is 2.44. The van der Waals surface area contributed by atoms with Crippen molar-refractivity contribution >= 4 is 17.5 Å². The Morgan fingerprint density at radius 3 is 2.41 bits per heavy atom. The molecule has 0 spiro atoms. The maximum absolute atomic E-state index is 12.2. The van der Waals surface area contributed by atoms with Crippen LogP contribution in [0.4, 0.5) is 16.2 Å². The van der Waals surface area contributed by atoms with Crippen LogP contribution in [0.1, 0.15) is 43.5 Å². The van der Waals surface area contributed by atoms with Crippen molar-refractivity contribution < 1.29 is 9.53 Å². The average Bonchev–Trinajstić information content (AvgIpc) is 2.66. The molecule has 2 N–H and O–H groups in total. The molecule has 3 aromatic rings. The minimum Gasteiger partial charge on any atom is -0.444 e. The molecule has 29 heavy (non-hydrogen) atoms. The quantitative estimate of drug-likeness (QED) is 0.527. The summed E-state index contributed by atoms with van der Waals surface area (Å²) in [5.74, 6) is 0. The molecule has 0 aliphatic carbocycles. The number of hydrogen-bond donors (Lipinski definition) is 2. The maximum Gasteiger partial charge on any atom is 0.412 e. The van der Waals surface area contributed by atoms with Crippen molar-refractivity contribution in [3.63, 3.8) is 0 Å². The summed E-state index contributed by atoms with van der Waals surface area (Å²) in [5, 5.41) is 6.50. The fourth-order valence-electron chi connectivity index (χ4n) is 3.71. The molecule has 1 aliphatic rings. The van der Waals surface area contributed by atoms with Crippen molar-refractivity contribution in [2.45, 2.75) is 39.3 Å². The molecule has 1 aliphatic heterocycles. The van der Waals surface area contributed by atoms with E-state index >= 15 is 0 Å². The monoisotopic (exact) mass is 386 g/mol. The van der Waals surface area contributed by atoms with E-state index in [1.54, 1.807) is 0 Å². The van der Waals surface area contributed by atoms with Gasteiger partial charge in [0.15, 0.2) is 0 Å². The number of benzene rings is 3. The molecule has 1 unspecified atom stereocenters. The van der Waals surface area contributed by atoms with Crippen molar-refractivity contribution in [1.29, 1.82) is 0 Å². The van der Waals surface area contributed by atoms with Gasteiger partial charge in [0.05, 0.1) is 6.04 Å². The van der Waals surface area contributed by atoms with Gasteiger partial charge in [-0.2, -0.15) is 0 Å². The van der Waals surface area contributed by atoms with Gasteiger partial charge in [0.1, 0.15) is 5.60 Å². The second kappa shape index (κ2) is 7.28. The highest BCUT2D eigenvalue weighted by Gasteiger charge is 2.26. The van der Waals surface area contributed by atoms with Crippen molar-refractivity contribution in [1.82, 2.24) is 0 Å². The van der Waals surface area contributed by atoms with E-state index in [4.69, 9.17) is 4.74 Å². The molecule has 1 amide bonds. The predicted octanol–water partition coefficient (Wildman–Crippen LogP) is 6.52. The van der Waals surface area contributed by atoms with Crippen molar-refractivity contribution in [3.05, 3.63) is 83.4 Å². The third-order valence-electron chi connectivity index (χ3n) is 4.91. The van der Waals surface area contributed by atoms with Crippen LogP contribution in [-0.2, 0) is 4.74 Å². The number of anilines is 2. The molecule has 0 saturated heterocycles. The lowest BCUT2D eigenvalue weighted by Crippen LogP contribution is -2.27. The highest BCUT2D eigenvalue weighted by molar-refractivity contribution is 5.91. The van der Waals surface area contributed by atoms with Gasteiger partial charge in [0, 0.05) is 16.9 Å². The molecule has 4 nitrogen and oxygen atoms in total. The van der Waals surface area contributed by atoms with Gasteiger partial charge in [-0.25, -0.2) is 4.79 Å². The fourth-order valence-corrected chi connectivity index (χ4v) is 3.71. The van der Waals surface area contributed by atoms with Crippen LogP contribution in [0.25, 0.3) is 11.1 Å². The lowest BCUT2D eigenvalue weighted by molar-refractivity contribution is 0.0636. The standard InChI is InChI=1S/C25H26N2O2/c1-16-10-12-19-20-13-11-18(26-24(28)29-25(2,3)4)15-22(20)27-23(21(19)14-16)17-8-6-5-7-9-17/h5-15,23,27H,1-4H3,(H,26,28). The third-order valence-corrected chi connectivity index (χ3v) is 4.91. The number of rotatable bonds is 2. The summed E-state index contributed by atoms with van der Waals surface area (Å²) in [5.41, 5.74) is 7.19. The summed E-state index contributed by atoms with van der Waals surface area (Å²) in [6.07, 6.45) is -0.455. The zero-order chi connectivity index (χ0) is 20.6. The number of ether oxygens (including phenoxy) is 1. The number of nitrogens with one attached hydrogen (secondary N) is 2. The van der Waals surface area contributed by atoms with Gasteiger partial charge in [0.2, 0.25) is 0 Å². The molecule has 4 rings (SSSR count). The van der Waals surface area contributed by atoms with Crippen molar-refractivity contribution in [2.24, 2.45) is 0 Å². The summed E-state index contributed by atoms with van der Waals surface area (Å²) in [6.45, 7) is 7.67. The van der Waals surface area contributed by atoms with Crippen LogP contribution in [-0.4, -0.2) is 11.7 Å². The van der Waals surface area contributed by atoms with E-state index in [0.29, 0.717) is 5.69 Å². The van der Waals surface area contributed by atoms with Gasteiger partial charge < -0.3 is 10.1 Å². The Labute approximate surface area is 171 Å². The Morgan fingerprint density at radius 1 is 0.966 bits per heavy atom. The Morgan fingerprint density at radius 2 is 1.69 bits per heavy atom. The minimum atomic E-state index is -0.536. The summed E-state index contributed by atoms with van der Waals surface area (Å²) in [4.78, 5) is 12.2. The topological polar surface area (TPSA) is 50.4 Å². The zero-order valence-electron chi connectivity index (χ0n) is 17.2. The Hall–Kier alpha value is -3.27. The van der Waals surface area contributed by atoms with E-state index in [9.17, 15) is 4.79 Å². The molecule has 3 aromatic carbocycles. The first-order valence-corrected chi connectivity index (χ1v) is 9.87. The zero-order valence-corrected chi connectivity index (χ0v) is 17.2. The molecule has 0 fully saturated rings. The van der Waals surface area contributed by atoms with Crippen LogP contribution < -0.4 is 10.6 Å². The van der Waals surface area contributed by atoms with E-state index in [1.807, 2.05) is 45.0 Å². The maximum atomic E-state index is 12.2. The Bertz CT molecular complexity index is 1050. The van der Waals surface area contributed by atoms with Crippen molar-refractivity contribution in [2.75, 3.05) is 10.6 Å². The first-order valence-electron chi connectivity index (χ1n) is 9.87. The molecular formula is C25H26N2O2. The van der Waals surface area contributed by atoms with Gasteiger partial charge >= 0.3 is 6.09 Å². The number of aryl methyl sites for hydroxylation is 1. The second-order valence-electron chi connectivity index (χ2n) is 8.47. The molecule has 0 saturated carbocycles. The van der Waals surface area contributed by atoms with E-state index in [2.05, 4.69) is 60.0 Å². The summed E-state index contributed by atoms with van der Waals surface area (Å²) >= 11 is 0. The molecular weight excluding hydrogens is 360 g/mol. The van der Waals surface area contributed by atoms with E-state index < -0.39 is 11.7 Å². The van der Waals surface area contributed by atoms with Gasteiger partial charge in [-0.05, 0) is 56.5 Å². The molecule has 0 aromatic heterocycles. The summed E-state index contributed by atoms with van der Waals surface area (Å²) in [6, 6.07) is 23.0. The van der Waals surface area contributed by atoms with Crippen LogP contribution in [0.5, 0.6) is 0 Å². The predicted molar refractivity (Wildman–Crippen MR) is 118 cm³/mol. The molecule has 4 heteroatoms. The second-order valence-corrected chi connectivity index (χ2v) is 8.47. The number of carbonyl (C=O) groups is 1. The van der Waals surface area contributed by atoms with Gasteiger partial charge in [-0.15, -0.1) is 0 Å². The average molecular weight is 386 g/mol. The van der Waals surface area contributed by atoms with Gasteiger partial charge in [0.25, 0.3) is 0 Å². The lowest BCUT2D eigenvalue weighted by atomic mass is 9.85. The number of hydrogen-bond acceptors (Lipinski definition) is 3. The Kier molecular flexibility index (Phi) is 4.79. The smallest absolute Gasteiger partial charge is 0.412 e. The normalized spacial score (nSPS) is 15.0. The van der Waals surface area contributed by atoms with Gasteiger partial charge in [-0.1, -0.05) is 60.2 Å². The van der Waals surface area contributed by atoms with E-state index in [0.717, 1.165) is 11.3 Å². The summed E-state index contributed by atoms with van der Waals surface area (Å²) < 4.78 is 5.38. The fraction of sp³-hybridized carbons (Fsp3) is 0.240. The molecule has 0 bridgehead atoms. The molecule has 0 radical (unpaired) electrons. The third kappa shape index (κ3) is 4.11. The number of fused-ring (bicyclic) bond motifs is 3. The van der Waals surface area contributed by atoms with Crippen LogP contribution in [0.3, 0.4) is 0 Å². The largest absolute Gasteiger partial charge is 0.444 e. The minimum absolute atomic E-state index is 0.0513. The highest BCUT2D eigenvalue weighted by atomic mass is 16.6. The van der Waals surface area contributed by atoms with Crippen molar-refractivity contribution in [3.8, 4) is 11.1 Å². The SMILES string of the molecule is Cc1ccc2c(c1)C(c1ccccc1)Nc1cc(NC(=O)OC(C)(C)C)ccc1-2. The lowest BCUT2D eigenvalue weighted by Gasteiger charge is -2.31. The molecule has 148 valence electrons. The van der Waals surface area contributed by atoms with Crippen LogP contribution in [0.2, 0.25) is 0 Å². The first kappa shape index (κ1) is 19.1. The molecule has 1 heterocycles. The first-order chi connectivity index (χ1) is 13.8. The molecule has 1 atom stereocenters. The van der Waals surface area contributed by atoms with E-state index in [1.165, 1.54) is 22.3 Å². The van der Waals surface area contributed by atoms with Gasteiger partial charge in [-0.3, -0.25) is 5.32 Å². The number of amides is 1. The van der Waals surface area contributed by atoms with Crippen LogP contribution in [0.15, 0.2) is 66.7 Å². The van der Waals surface area contributed by atoms with E-state index in [-0.39, 0.29) is 6.04 Å².